The van der Waals surface area contributed by atoms with Crippen LogP contribution in [-0.2, 0) is 9.53 Å². The van der Waals surface area contributed by atoms with Gasteiger partial charge in [0.25, 0.3) is 11.8 Å². The Morgan fingerprint density at radius 2 is 1.89 bits per heavy atom. The Kier molecular flexibility index (Phi) is 8.19. The van der Waals surface area contributed by atoms with E-state index in [9.17, 15) is 14.0 Å². The second-order valence-electron chi connectivity index (χ2n) is 8.32. The van der Waals surface area contributed by atoms with Gasteiger partial charge in [-0.1, -0.05) is 12.1 Å². The molecule has 0 saturated carbocycles. The number of carbonyl (C=O) groups is 2. The van der Waals surface area contributed by atoms with Crippen molar-refractivity contribution in [2.45, 2.75) is 12.5 Å². The number of nitrogens with zero attached hydrogens (tertiary/aromatic N) is 3. The Balaban J connectivity index is 1.66. The van der Waals surface area contributed by atoms with Gasteiger partial charge >= 0.3 is 0 Å². The minimum absolute atomic E-state index is 0.118. The van der Waals surface area contributed by atoms with Gasteiger partial charge < -0.3 is 23.5 Å². The highest BCUT2D eigenvalue weighted by Gasteiger charge is 2.35. The molecular weight excluding hydrogens is 481 g/mol. The number of benzene rings is 2. The molecule has 1 aliphatic heterocycles. The van der Waals surface area contributed by atoms with E-state index in [-0.39, 0.29) is 31.3 Å². The van der Waals surface area contributed by atoms with Crippen LogP contribution in [-0.4, -0.2) is 68.5 Å². The third kappa shape index (κ3) is 5.80. The quantitative estimate of drug-likeness (QED) is 0.412. The topological polar surface area (TPSA) is 93.8 Å². The van der Waals surface area contributed by atoms with Crippen LogP contribution in [0.3, 0.4) is 0 Å². The molecule has 1 aromatic heterocycles. The second kappa shape index (κ2) is 11.7. The normalized spacial score (nSPS) is 14.9. The zero-order valence-electron chi connectivity index (χ0n) is 20.8. The lowest BCUT2D eigenvalue weighted by atomic mass is 9.97. The molecule has 4 rings (SSSR count). The van der Waals surface area contributed by atoms with Crippen LogP contribution in [0.1, 0.15) is 34.1 Å². The number of methoxy groups -OCH3 is 3. The molecule has 2 heterocycles. The van der Waals surface area contributed by atoms with Gasteiger partial charge in [0.05, 0.1) is 38.8 Å². The number of rotatable bonds is 10. The van der Waals surface area contributed by atoms with Gasteiger partial charge in [0.15, 0.2) is 5.76 Å². The lowest BCUT2D eigenvalue weighted by Gasteiger charge is -2.26. The van der Waals surface area contributed by atoms with Gasteiger partial charge in [-0.25, -0.2) is 9.40 Å². The van der Waals surface area contributed by atoms with Crippen molar-refractivity contribution in [3.63, 3.8) is 0 Å². The summed E-state index contributed by atoms with van der Waals surface area (Å²) in [6.45, 7) is 0.162. The van der Waals surface area contributed by atoms with Crippen molar-refractivity contribution in [3.05, 3.63) is 83.6 Å². The molecule has 194 valence electrons. The number of hydrazone groups is 1. The molecule has 9 nitrogen and oxygen atoms in total. The van der Waals surface area contributed by atoms with Crippen molar-refractivity contribution < 1.29 is 32.6 Å². The Bertz CT molecular complexity index is 1260. The molecule has 0 fully saturated rings. The molecule has 3 aromatic rings. The summed E-state index contributed by atoms with van der Waals surface area (Å²) in [4.78, 5) is 27.9. The van der Waals surface area contributed by atoms with Crippen LogP contribution in [0, 0.1) is 5.82 Å². The number of carbonyl (C=O) groups excluding carboxylic acids is 2. The highest BCUT2D eigenvalue weighted by atomic mass is 19.1. The van der Waals surface area contributed by atoms with Gasteiger partial charge in [-0.2, -0.15) is 5.10 Å². The molecule has 0 unspecified atom stereocenters. The number of hydrogen-bond acceptors (Lipinski definition) is 7. The first-order valence-corrected chi connectivity index (χ1v) is 11.6. The van der Waals surface area contributed by atoms with E-state index in [1.165, 1.54) is 41.5 Å². The lowest BCUT2D eigenvalue weighted by molar-refractivity contribution is -0.133. The molecule has 37 heavy (non-hydrogen) atoms. The number of ether oxygens (including phenoxy) is 3. The predicted octanol–water partition coefficient (Wildman–Crippen LogP) is 3.90. The Morgan fingerprint density at radius 1 is 1.11 bits per heavy atom. The van der Waals surface area contributed by atoms with E-state index in [0.29, 0.717) is 34.8 Å². The summed E-state index contributed by atoms with van der Waals surface area (Å²) in [5.41, 5.74) is 2.03. The third-order valence-electron chi connectivity index (χ3n) is 6.05. The molecule has 0 N–H and O–H groups in total. The fourth-order valence-corrected chi connectivity index (χ4v) is 4.13. The van der Waals surface area contributed by atoms with Crippen LogP contribution < -0.4 is 9.47 Å². The SMILES string of the molecule is COCCN(CC(=O)N1N=C(c2ccc(OC)cc2OC)C[C@H]1c1ccc(F)cc1)C(=O)c1ccco1. The van der Waals surface area contributed by atoms with Crippen molar-refractivity contribution in [2.75, 3.05) is 41.0 Å². The third-order valence-corrected chi connectivity index (χ3v) is 6.05. The standard InChI is InChI=1S/C27H28FN3O6/c1-34-14-12-30(27(33)24-5-4-13-37-24)17-26(32)31-23(18-6-8-19(28)9-7-18)16-22(29-31)21-11-10-20(35-2)15-25(21)36-3/h4-11,13,15,23H,12,14,16-17H2,1-3H3/t23-/m0/s1. The molecule has 10 heteroatoms. The van der Waals surface area contributed by atoms with E-state index in [2.05, 4.69) is 5.10 Å². The predicted molar refractivity (Wildman–Crippen MR) is 133 cm³/mol. The lowest BCUT2D eigenvalue weighted by Crippen LogP contribution is -2.42. The van der Waals surface area contributed by atoms with Crippen LogP contribution in [0.25, 0.3) is 0 Å². The molecule has 2 amide bonds. The van der Waals surface area contributed by atoms with Crippen LogP contribution in [0.15, 0.2) is 70.4 Å². The summed E-state index contributed by atoms with van der Waals surface area (Å²) in [7, 11) is 4.62. The summed E-state index contributed by atoms with van der Waals surface area (Å²) in [6.07, 6.45) is 1.76. The van der Waals surface area contributed by atoms with Gasteiger partial charge in [0.1, 0.15) is 23.9 Å². The fraction of sp³-hybridized carbons (Fsp3) is 0.296. The largest absolute Gasteiger partial charge is 0.497 e. The monoisotopic (exact) mass is 509 g/mol. The number of hydrogen-bond donors (Lipinski definition) is 0. The maximum Gasteiger partial charge on any atom is 0.290 e. The highest BCUT2D eigenvalue weighted by Crippen LogP contribution is 2.36. The summed E-state index contributed by atoms with van der Waals surface area (Å²) in [5, 5.41) is 6.00. The first-order valence-electron chi connectivity index (χ1n) is 11.6. The molecule has 0 bridgehead atoms. The zero-order valence-corrected chi connectivity index (χ0v) is 20.8. The smallest absolute Gasteiger partial charge is 0.290 e. The Hall–Kier alpha value is -4.18. The van der Waals surface area contributed by atoms with Crippen LogP contribution in [0.5, 0.6) is 11.5 Å². The molecular formula is C27H28FN3O6. The first-order chi connectivity index (χ1) is 17.9. The van der Waals surface area contributed by atoms with Gasteiger partial charge in [0, 0.05) is 31.7 Å². The van der Waals surface area contributed by atoms with Crippen molar-refractivity contribution in [2.24, 2.45) is 5.10 Å². The van der Waals surface area contributed by atoms with Crippen LogP contribution in [0.4, 0.5) is 4.39 Å². The molecule has 0 radical (unpaired) electrons. The van der Waals surface area contributed by atoms with Crippen molar-refractivity contribution in [1.29, 1.82) is 0 Å². The van der Waals surface area contributed by atoms with Gasteiger partial charge in [-0.3, -0.25) is 9.59 Å². The number of amides is 2. The Labute approximate surface area is 214 Å². The van der Waals surface area contributed by atoms with E-state index < -0.39 is 17.9 Å². The van der Waals surface area contributed by atoms with Gasteiger partial charge in [-0.15, -0.1) is 0 Å². The van der Waals surface area contributed by atoms with Crippen LogP contribution >= 0.6 is 0 Å². The highest BCUT2D eigenvalue weighted by molar-refractivity contribution is 6.05. The van der Waals surface area contributed by atoms with Crippen molar-refractivity contribution in [1.82, 2.24) is 9.91 Å². The Morgan fingerprint density at radius 3 is 2.54 bits per heavy atom. The zero-order chi connectivity index (χ0) is 26.4. The summed E-state index contributed by atoms with van der Waals surface area (Å²) < 4.78 is 34.9. The van der Waals surface area contributed by atoms with Crippen molar-refractivity contribution >= 4 is 17.5 Å². The van der Waals surface area contributed by atoms with E-state index in [0.717, 1.165) is 0 Å². The summed E-state index contributed by atoms with van der Waals surface area (Å²) >= 11 is 0. The van der Waals surface area contributed by atoms with Gasteiger partial charge in [-0.05, 0) is 42.0 Å². The molecule has 2 aromatic carbocycles. The van der Waals surface area contributed by atoms with E-state index in [4.69, 9.17) is 18.6 Å². The molecule has 0 spiro atoms. The maximum absolute atomic E-state index is 13.7. The van der Waals surface area contributed by atoms with Crippen molar-refractivity contribution in [3.8, 4) is 11.5 Å². The first kappa shape index (κ1) is 25.9. The fourth-order valence-electron chi connectivity index (χ4n) is 4.13. The van der Waals surface area contributed by atoms with E-state index in [1.54, 1.807) is 44.6 Å². The second-order valence-corrected chi connectivity index (χ2v) is 8.32. The summed E-state index contributed by atoms with van der Waals surface area (Å²) in [5.74, 6) is 0.0501. The molecule has 0 aliphatic carbocycles. The number of halogens is 1. The molecule has 0 saturated heterocycles. The molecule has 1 aliphatic rings. The molecule has 1 atom stereocenters. The minimum atomic E-state index is -0.502. The summed E-state index contributed by atoms with van der Waals surface area (Å²) in [6, 6.07) is 13.9. The average molecular weight is 510 g/mol. The van der Waals surface area contributed by atoms with Crippen LogP contribution in [0.2, 0.25) is 0 Å². The van der Waals surface area contributed by atoms with E-state index in [1.807, 2.05) is 6.07 Å². The van der Waals surface area contributed by atoms with Gasteiger partial charge in [0.2, 0.25) is 0 Å². The minimum Gasteiger partial charge on any atom is -0.497 e. The maximum atomic E-state index is 13.7. The van der Waals surface area contributed by atoms with E-state index >= 15 is 0 Å². The average Bonchev–Trinajstić information content (AvgIpc) is 3.61. The number of furan rings is 1.